The van der Waals surface area contributed by atoms with E-state index in [9.17, 15) is 4.79 Å². The average Bonchev–Trinajstić information content (AvgIpc) is 2.84. The summed E-state index contributed by atoms with van der Waals surface area (Å²) >= 11 is 1.07. The molecular weight excluding hydrogens is 252 g/mol. The highest BCUT2D eigenvalue weighted by Crippen LogP contribution is 2.21. The summed E-state index contributed by atoms with van der Waals surface area (Å²) in [5, 5.41) is 7.89. The number of anilines is 2. The molecule has 0 aliphatic carbocycles. The minimum atomic E-state index is -0.241. The Bertz CT molecular complexity index is 552. The lowest BCUT2D eigenvalue weighted by molar-refractivity contribution is 0.0992. The maximum atomic E-state index is 12.1. The molecule has 1 aromatic heterocycles. The van der Waals surface area contributed by atoms with Gasteiger partial charge in [-0.15, -0.1) is 10.2 Å². The molecule has 0 spiro atoms. The smallest absolute Gasteiger partial charge is 0.289 e. The summed E-state index contributed by atoms with van der Waals surface area (Å²) < 4.78 is 5.06. The first-order valence-corrected chi connectivity index (χ1v) is 5.94. The number of carbonyl (C=O) groups excluding carboxylic acids is 1. The lowest BCUT2D eigenvalue weighted by Gasteiger charge is -2.15. The fourth-order valence-electron chi connectivity index (χ4n) is 1.39. The molecule has 2 aromatic rings. The van der Waals surface area contributed by atoms with E-state index >= 15 is 0 Å². The zero-order valence-corrected chi connectivity index (χ0v) is 10.8. The summed E-state index contributed by atoms with van der Waals surface area (Å²) in [6.45, 7) is 0. The van der Waals surface area contributed by atoms with Gasteiger partial charge in [0.1, 0.15) is 5.75 Å². The predicted molar refractivity (Wildman–Crippen MR) is 70.0 cm³/mol. The fraction of sp³-hybridized carbons (Fsp3) is 0.182. The van der Waals surface area contributed by atoms with E-state index in [4.69, 9.17) is 10.5 Å². The van der Waals surface area contributed by atoms with Gasteiger partial charge in [0.25, 0.3) is 5.91 Å². The minimum absolute atomic E-state index is 0.241. The fourth-order valence-corrected chi connectivity index (χ4v) is 1.97. The molecule has 2 rings (SSSR count). The largest absolute Gasteiger partial charge is 0.497 e. The average molecular weight is 264 g/mol. The van der Waals surface area contributed by atoms with Gasteiger partial charge in [0, 0.05) is 12.7 Å². The predicted octanol–water partition coefficient (Wildman–Crippen LogP) is 1.41. The third kappa shape index (κ3) is 2.40. The highest BCUT2D eigenvalue weighted by Gasteiger charge is 2.17. The van der Waals surface area contributed by atoms with Gasteiger partial charge in [0.05, 0.1) is 7.11 Å². The summed E-state index contributed by atoms with van der Waals surface area (Å²) in [4.78, 5) is 13.5. The molecule has 0 aliphatic rings. The Morgan fingerprint density at radius 3 is 2.50 bits per heavy atom. The van der Waals surface area contributed by atoms with E-state index < -0.39 is 0 Å². The van der Waals surface area contributed by atoms with Gasteiger partial charge in [-0.2, -0.15) is 0 Å². The van der Waals surface area contributed by atoms with Crippen LogP contribution in [0.2, 0.25) is 0 Å². The Hall–Kier alpha value is -2.15. The number of aromatic nitrogens is 2. The summed E-state index contributed by atoms with van der Waals surface area (Å²) in [6.07, 6.45) is 0. The van der Waals surface area contributed by atoms with Crippen LogP contribution in [0.5, 0.6) is 5.75 Å². The van der Waals surface area contributed by atoms with Gasteiger partial charge in [0.2, 0.25) is 10.1 Å². The third-order valence-corrected chi connectivity index (χ3v) is 3.13. The topological polar surface area (TPSA) is 81.3 Å². The molecule has 6 nitrogen and oxygen atoms in total. The first-order valence-electron chi connectivity index (χ1n) is 5.13. The Labute approximate surface area is 108 Å². The molecule has 1 aromatic carbocycles. The van der Waals surface area contributed by atoms with Gasteiger partial charge in [-0.1, -0.05) is 11.3 Å². The second-order valence-electron chi connectivity index (χ2n) is 3.51. The maximum absolute atomic E-state index is 12.1. The third-order valence-electron chi connectivity index (χ3n) is 2.39. The van der Waals surface area contributed by atoms with Crippen LogP contribution in [0.15, 0.2) is 24.3 Å². The number of nitrogen functional groups attached to an aromatic ring is 1. The van der Waals surface area contributed by atoms with E-state index in [1.54, 1.807) is 38.4 Å². The molecule has 0 atom stereocenters. The van der Waals surface area contributed by atoms with Gasteiger partial charge in [-0.05, 0) is 24.3 Å². The van der Waals surface area contributed by atoms with Gasteiger partial charge in [-0.25, -0.2) is 0 Å². The van der Waals surface area contributed by atoms with Crippen molar-refractivity contribution in [1.29, 1.82) is 0 Å². The van der Waals surface area contributed by atoms with Crippen LogP contribution < -0.4 is 15.4 Å². The van der Waals surface area contributed by atoms with Crippen molar-refractivity contribution in [2.45, 2.75) is 0 Å². The second kappa shape index (κ2) is 5.01. The number of nitrogens with zero attached hydrogens (tertiary/aromatic N) is 3. The van der Waals surface area contributed by atoms with Crippen LogP contribution in [0, 0.1) is 0 Å². The zero-order chi connectivity index (χ0) is 13.1. The standard InChI is InChI=1S/C11H12N4O2S/c1-15(7-3-5-8(17-2)6-4-7)10(16)9-13-14-11(12)18-9/h3-6H,1-2H3,(H2,12,14). The lowest BCUT2D eigenvalue weighted by atomic mass is 10.3. The van der Waals surface area contributed by atoms with Crippen LogP contribution >= 0.6 is 11.3 Å². The zero-order valence-electron chi connectivity index (χ0n) is 9.95. The van der Waals surface area contributed by atoms with Crippen molar-refractivity contribution < 1.29 is 9.53 Å². The molecule has 0 bridgehead atoms. The van der Waals surface area contributed by atoms with Crippen LogP contribution in [0.3, 0.4) is 0 Å². The Morgan fingerprint density at radius 2 is 2.00 bits per heavy atom. The van der Waals surface area contributed by atoms with Crippen LogP contribution in [-0.2, 0) is 0 Å². The van der Waals surface area contributed by atoms with Crippen molar-refractivity contribution in [1.82, 2.24) is 10.2 Å². The van der Waals surface area contributed by atoms with Crippen LogP contribution in [-0.4, -0.2) is 30.3 Å². The van der Waals surface area contributed by atoms with Crippen molar-refractivity contribution in [3.8, 4) is 5.75 Å². The van der Waals surface area contributed by atoms with Crippen molar-refractivity contribution in [2.24, 2.45) is 0 Å². The number of hydrogen-bond acceptors (Lipinski definition) is 6. The first-order chi connectivity index (χ1) is 8.61. The summed E-state index contributed by atoms with van der Waals surface area (Å²) in [5.74, 6) is 0.495. The summed E-state index contributed by atoms with van der Waals surface area (Å²) in [6, 6.07) is 7.16. The number of rotatable bonds is 3. The Kier molecular flexibility index (Phi) is 3.42. The quantitative estimate of drug-likeness (QED) is 0.906. The van der Waals surface area contributed by atoms with E-state index in [1.807, 2.05) is 0 Å². The lowest BCUT2D eigenvalue weighted by Crippen LogP contribution is -2.26. The molecule has 0 unspecified atom stereocenters. The van der Waals surface area contributed by atoms with Gasteiger partial charge < -0.3 is 15.4 Å². The molecule has 1 heterocycles. The molecule has 0 fully saturated rings. The van der Waals surface area contributed by atoms with Crippen molar-refractivity contribution in [3.63, 3.8) is 0 Å². The van der Waals surface area contributed by atoms with Gasteiger partial charge in [-0.3, -0.25) is 4.79 Å². The van der Waals surface area contributed by atoms with E-state index in [1.165, 1.54) is 4.90 Å². The number of amides is 1. The summed E-state index contributed by atoms with van der Waals surface area (Å²) in [5.41, 5.74) is 6.20. The molecule has 2 N–H and O–H groups in total. The minimum Gasteiger partial charge on any atom is -0.497 e. The summed E-state index contributed by atoms with van der Waals surface area (Å²) in [7, 11) is 3.26. The van der Waals surface area contributed by atoms with Gasteiger partial charge in [0.15, 0.2) is 0 Å². The normalized spacial score (nSPS) is 10.1. The number of benzene rings is 1. The molecular formula is C11H12N4O2S. The molecule has 0 saturated carbocycles. The van der Waals surface area contributed by atoms with E-state index in [0.717, 1.165) is 22.8 Å². The maximum Gasteiger partial charge on any atom is 0.289 e. The van der Waals surface area contributed by atoms with Crippen molar-refractivity contribution >= 4 is 28.1 Å². The van der Waals surface area contributed by atoms with E-state index in [0.29, 0.717) is 0 Å². The second-order valence-corrected chi connectivity index (χ2v) is 4.52. The Morgan fingerprint density at radius 1 is 1.33 bits per heavy atom. The molecule has 1 amide bonds. The number of carbonyl (C=O) groups is 1. The number of ether oxygens (including phenoxy) is 1. The number of hydrogen-bond donors (Lipinski definition) is 1. The van der Waals surface area contributed by atoms with Gasteiger partial charge >= 0.3 is 0 Å². The number of nitrogens with two attached hydrogens (primary N) is 1. The van der Waals surface area contributed by atoms with Crippen molar-refractivity contribution in [2.75, 3.05) is 24.8 Å². The van der Waals surface area contributed by atoms with Crippen molar-refractivity contribution in [3.05, 3.63) is 29.3 Å². The molecule has 0 radical (unpaired) electrons. The van der Waals surface area contributed by atoms with E-state index in [2.05, 4.69) is 10.2 Å². The molecule has 7 heteroatoms. The van der Waals surface area contributed by atoms with Crippen LogP contribution in [0.4, 0.5) is 10.8 Å². The monoisotopic (exact) mass is 264 g/mol. The van der Waals surface area contributed by atoms with E-state index in [-0.39, 0.29) is 16.0 Å². The molecule has 0 aliphatic heterocycles. The molecule has 94 valence electrons. The molecule has 0 saturated heterocycles. The van der Waals surface area contributed by atoms with Crippen LogP contribution in [0.1, 0.15) is 9.80 Å². The van der Waals surface area contributed by atoms with Crippen LogP contribution in [0.25, 0.3) is 0 Å². The first kappa shape index (κ1) is 12.3. The highest BCUT2D eigenvalue weighted by molar-refractivity contribution is 7.17. The highest BCUT2D eigenvalue weighted by atomic mass is 32.1. The molecule has 18 heavy (non-hydrogen) atoms. The number of methoxy groups -OCH3 is 1. The Balaban J connectivity index is 2.19. The SMILES string of the molecule is COc1ccc(N(C)C(=O)c2nnc(N)s2)cc1.